The van der Waals surface area contributed by atoms with E-state index in [4.69, 9.17) is 4.74 Å². The van der Waals surface area contributed by atoms with Crippen molar-refractivity contribution in [2.24, 2.45) is 0 Å². The van der Waals surface area contributed by atoms with E-state index in [2.05, 4.69) is 37.9 Å². The molecule has 0 saturated carbocycles. The maximum Gasteiger partial charge on any atom is 0.0623 e. The highest BCUT2D eigenvalue weighted by molar-refractivity contribution is 4.89. The van der Waals surface area contributed by atoms with Crippen LogP contribution in [0.1, 0.15) is 27.7 Å². The third-order valence-electron chi connectivity index (χ3n) is 3.04. The Morgan fingerprint density at radius 2 is 2.25 bits per heavy atom. The normalized spacial score (nSPS) is 27.0. The monoisotopic (exact) mass is 230 g/mol. The number of rotatable bonds is 5. The van der Waals surface area contributed by atoms with Gasteiger partial charge >= 0.3 is 0 Å². The molecule has 0 spiro atoms. The van der Waals surface area contributed by atoms with Gasteiger partial charge in [-0.3, -0.25) is 4.90 Å². The van der Waals surface area contributed by atoms with Crippen molar-refractivity contribution < 1.29 is 9.84 Å². The van der Waals surface area contributed by atoms with Crippen molar-refractivity contribution in [1.82, 2.24) is 10.2 Å². The molecule has 1 aliphatic heterocycles. The van der Waals surface area contributed by atoms with Gasteiger partial charge < -0.3 is 15.2 Å². The molecule has 4 heteroatoms. The fourth-order valence-corrected chi connectivity index (χ4v) is 2.28. The summed E-state index contributed by atoms with van der Waals surface area (Å²) in [5.41, 5.74) is -0.222. The van der Waals surface area contributed by atoms with Gasteiger partial charge in [0, 0.05) is 25.2 Å². The number of morpholine rings is 1. The number of hydrogen-bond donors (Lipinski definition) is 2. The van der Waals surface area contributed by atoms with Crippen LogP contribution in [0.15, 0.2) is 0 Å². The highest BCUT2D eigenvalue weighted by Crippen LogP contribution is 2.13. The van der Waals surface area contributed by atoms with Crippen LogP contribution < -0.4 is 5.32 Å². The predicted octanol–water partition coefficient (Wildman–Crippen LogP) is 0.456. The van der Waals surface area contributed by atoms with Gasteiger partial charge in [-0.1, -0.05) is 13.8 Å². The predicted molar refractivity (Wildman–Crippen MR) is 65.6 cm³/mol. The highest BCUT2D eigenvalue weighted by atomic mass is 16.5. The molecular weight excluding hydrogens is 204 g/mol. The second-order valence-corrected chi connectivity index (χ2v) is 5.41. The average molecular weight is 230 g/mol. The summed E-state index contributed by atoms with van der Waals surface area (Å²) in [6.45, 7) is 12.0. The van der Waals surface area contributed by atoms with Crippen molar-refractivity contribution in [2.45, 2.75) is 45.3 Å². The van der Waals surface area contributed by atoms with Crippen LogP contribution in [-0.4, -0.2) is 60.5 Å². The molecule has 0 amide bonds. The van der Waals surface area contributed by atoms with E-state index in [-0.39, 0.29) is 12.1 Å². The molecular formula is C12H26N2O2. The average Bonchev–Trinajstić information content (AvgIpc) is 2.20. The van der Waals surface area contributed by atoms with Crippen molar-refractivity contribution >= 4 is 0 Å². The van der Waals surface area contributed by atoms with Crippen LogP contribution >= 0.6 is 0 Å². The minimum Gasteiger partial charge on any atom is -0.394 e. The van der Waals surface area contributed by atoms with Crippen molar-refractivity contribution in [3.8, 4) is 0 Å². The smallest absolute Gasteiger partial charge is 0.0623 e. The first-order valence-electron chi connectivity index (χ1n) is 6.17. The van der Waals surface area contributed by atoms with Gasteiger partial charge in [0.25, 0.3) is 0 Å². The van der Waals surface area contributed by atoms with Gasteiger partial charge in [-0.15, -0.1) is 0 Å². The molecule has 1 heterocycles. The van der Waals surface area contributed by atoms with Crippen LogP contribution in [0.4, 0.5) is 0 Å². The molecule has 1 aliphatic rings. The maximum absolute atomic E-state index is 9.53. The van der Waals surface area contributed by atoms with Crippen LogP contribution in [0.25, 0.3) is 0 Å². The van der Waals surface area contributed by atoms with E-state index in [0.717, 1.165) is 26.3 Å². The lowest BCUT2D eigenvalue weighted by atomic mass is 10.0. The molecule has 2 N–H and O–H groups in total. The fourth-order valence-electron chi connectivity index (χ4n) is 2.28. The molecule has 0 aromatic carbocycles. The molecule has 2 atom stereocenters. The summed E-state index contributed by atoms with van der Waals surface area (Å²) in [7, 11) is 0. The van der Waals surface area contributed by atoms with Crippen LogP contribution in [0.2, 0.25) is 0 Å². The van der Waals surface area contributed by atoms with Gasteiger partial charge in [0.05, 0.1) is 25.4 Å². The van der Waals surface area contributed by atoms with Gasteiger partial charge in [-0.25, -0.2) is 0 Å². The first kappa shape index (κ1) is 13.9. The summed E-state index contributed by atoms with van der Waals surface area (Å²) in [4.78, 5) is 2.38. The maximum atomic E-state index is 9.53. The molecule has 2 unspecified atom stereocenters. The summed E-state index contributed by atoms with van der Waals surface area (Å²) in [5.74, 6) is 0. The van der Waals surface area contributed by atoms with E-state index in [9.17, 15) is 5.11 Å². The zero-order chi connectivity index (χ0) is 12.2. The number of nitrogens with one attached hydrogen (secondary N) is 1. The summed E-state index contributed by atoms with van der Waals surface area (Å²) < 4.78 is 5.42. The Labute approximate surface area is 99.0 Å². The molecule has 0 radical (unpaired) electrons. The second kappa shape index (κ2) is 5.96. The minimum atomic E-state index is -0.222. The minimum absolute atomic E-state index is 0.162. The molecule has 1 fully saturated rings. The van der Waals surface area contributed by atoms with Crippen molar-refractivity contribution in [2.75, 3.05) is 32.9 Å². The van der Waals surface area contributed by atoms with Gasteiger partial charge in [0.2, 0.25) is 0 Å². The first-order chi connectivity index (χ1) is 7.47. The van der Waals surface area contributed by atoms with Crippen LogP contribution in [0, 0.1) is 0 Å². The zero-order valence-electron chi connectivity index (χ0n) is 11.0. The molecule has 1 saturated heterocycles. The molecule has 1 rings (SSSR count). The summed E-state index contributed by atoms with van der Waals surface area (Å²) in [6.07, 6.45) is 0. The van der Waals surface area contributed by atoms with E-state index < -0.39 is 0 Å². The molecule has 96 valence electrons. The standard InChI is InChI=1S/C12H26N2O2/c1-10(2)13-12(4,9-15)8-14-5-6-16-7-11(14)3/h10-11,13,15H,5-9H2,1-4H3. The van der Waals surface area contributed by atoms with Gasteiger partial charge in [-0.2, -0.15) is 0 Å². The van der Waals surface area contributed by atoms with E-state index in [1.165, 1.54) is 0 Å². The Bertz CT molecular complexity index is 211. The quantitative estimate of drug-likeness (QED) is 0.720. The molecule has 0 aromatic heterocycles. The SMILES string of the molecule is CC(C)NC(C)(CO)CN1CCOCC1C. The van der Waals surface area contributed by atoms with Crippen molar-refractivity contribution in [1.29, 1.82) is 0 Å². The van der Waals surface area contributed by atoms with Crippen LogP contribution in [-0.2, 0) is 4.74 Å². The Balaban J connectivity index is 2.53. The Hall–Kier alpha value is -0.160. The van der Waals surface area contributed by atoms with Gasteiger partial charge in [-0.05, 0) is 13.8 Å². The molecule has 0 aromatic rings. The Morgan fingerprint density at radius 3 is 2.75 bits per heavy atom. The number of hydrogen-bond acceptors (Lipinski definition) is 4. The molecule has 0 aliphatic carbocycles. The number of nitrogens with zero attached hydrogens (tertiary/aromatic N) is 1. The van der Waals surface area contributed by atoms with E-state index in [0.29, 0.717) is 12.1 Å². The van der Waals surface area contributed by atoms with Gasteiger partial charge in [0.1, 0.15) is 0 Å². The zero-order valence-corrected chi connectivity index (χ0v) is 11.0. The lowest BCUT2D eigenvalue weighted by molar-refractivity contribution is -0.0187. The highest BCUT2D eigenvalue weighted by Gasteiger charge is 2.30. The fraction of sp³-hybridized carbons (Fsp3) is 1.00. The largest absolute Gasteiger partial charge is 0.394 e. The van der Waals surface area contributed by atoms with E-state index in [1.807, 2.05) is 0 Å². The van der Waals surface area contributed by atoms with E-state index in [1.54, 1.807) is 0 Å². The Morgan fingerprint density at radius 1 is 1.56 bits per heavy atom. The van der Waals surface area contributed by atoms with Crippen molar-refractivity contribution in [3.05, 3.63) is 0 Å². The summed E-state index contributed by atoms with van der Waals surface area (Å²) >= 11 is 0. The van der Waals surface area contributed by atoms with E-state index >= 15 is 0 Å². The third-order valence-corrected chi connectivity index (χ3v) is 3.04. The lowest BCUT2D eigenvalue weighted by Crippen LogP contribution is -2.59. The Kier molecular flexibility index (Phi) is 5.18. The topological polar surface area (TPSA) is 44.7 Å². The van der Waals surface area contributed by atoms with Crippen molar-refractivity contribution in [3.63, 3.8) is 0 Å². The lowest BCUT2D eigenvalue weighted by Gasteiger charge is -2.41. The number of aliphatic hydroxyl groups is 1. The number of ether oxygens (including phenoxy) is 1. The van der Waals surface area contributed by atoms with Crippen LogP contribution in [0.5, 0.6) is 0 Å². The molecule has 0 bridgehead atoms. The van der Waals surface area contributed by atoms with Gasteiger partial charge in [0.15, 0.2) is 0 Å². The summed E-state index contributed by atoms with van der Waals surface area (Å²) in [6, 6.07) is 0.821. The first-order valence-corrected chi connectivity index (χ1v) is 6.17. The second-order valence-electron chi connectivity index (χ2n) is 5.41. The third kappa shape index (κ3) is 4.01. The molecule has 16 heavy (non-hydrogen) atoms. The van der Waals surface area contributed by atoms with Crippen LogP contribution in [0.3, 0.4) is 0 Å². The molecule has 4 nitrogen and oxygen atoms in total. The summed E-state index contributed by atoms with van der Waals surface area (Å²) in [5, 5.41) is 13.0. The number of aliphatic hydroxyl groups excluding tert-OH is 1.